The van der Waals surface area contributed by atoms with Crippen LogP contribution in [0, 0.1) is 5.82 Å². The molecule has 0 amide bonds. The maximum atomic E-state index is 12.9. The lowest BCUT2D eigenvalue weighted by atomic mass is 10.2. The van der Waals surface area contributed by atoms with Gasteiger partial charge in [0.1, 0.15) is 5.82 Å². The van der Waals surface area contributed by atoms with Gasteiger partial charge in [0.25, 0.3) is 0 Å². The van der Waals surface area contributed by atoms with Crippen LogP contribution in [0.25, 0.3) is 0 Å². The number of nitrogens with zero attached hydrogens (tertiary/aromatic N) is 2. The molecule has 5 heteroatoms. The molecule has 0 fully saturated rings. The van der Waals surface area contributed by atoms with E-state index < -0.39 is 0 Å². The van der Waals surface area contributed by atoms with E-state index in [1.54, 1.807) is 19.2 Å². The van der Waals surface area contributed by atoms with E-state index in [-0.39, 0.29) is 5.82 Å². The van der Waals surface area contributed by atoms with Crippen LogP contribution in [0.5, 0.6) is 0 Å². The van der Waals surface area contributed by atoms with E-state index in [1.807, 2.05) is 18.2 Å². The van der Waals surface area contributed by atoms with E-state index in [2.05, 4.69) is 39.7 Å². The number of hydrogen-bond donors (Lipinski definition) is 2. The summed E-state index contributed by atoms with van der Waals surface area (Å²) >= 11 is 0. The molecular formula is C19H25FN4. The molecule has 0 aliphatic rings. The first kappa shape index (κ1) is 17.8. The molecular weight excluding hydrogens is 303 g/mol. The summed E-state index contributed by atoms with van der Waals surface area (Å²) in [5, 5.41) is 6.52. The summed E-state index contributed by atoms with van der Waals surface area (Å²) in [4.78, 5) is 6.43. The number of aliphatic imine (C=N–C) groups is 1. The number of para-hydroxylation sites is 1. The van der Waals surface area contributed by atoms with Gasteiger partial charge in [-0.3, -0.25) is 4.99 Å². The molecule has 0 aromatic heterocycles. The molecule has 2 rings (SSSR count). The van der Waals surface area contributed by atoms with Crippen LogP contribution in [0.4, 0.5) is 10.1 Å². The fourth-order valence-corrected chi connectivity index (χ4v) is 2.34. The van der Waals surface area contributed by atoms with E-state index in [1.165, 1.54) is 17.8 Å². The highest BCUT2D eigenvalue weighted by Gasteiger charge is 2.01. The summed E-state index contributed by atoms with van der Waals surface area (Å²) in [6.45, 7) is 2.41. The van der Waals surface area contributed by atoms with Crippen LogP contribution in [-0.2, 0) is 6.54 Å². The van der Waals surface area contributed by atoms with Crippen LogP contribution >= 0.6 is 0 Å². The van der Waals surface area contributed by atoms with Crippen molar-refractivity contribution in [1.29, 1.82) is 0 Å². The van der Waals surface area contributed by atoms with Crippen LogP contribution in [-0.4, -0.2) is 33.1 Å². The molecule has 0 aliphatic heterocycles. The minimum atomic E-state index is -0.219. The smallest absolute Gasteiger partial charge is 0.191 e. The molecule has 0 aliphatic carbocycles. The van der Waals surface area contributed by atoms with Gasteiger partial charge < -0.3 is 15.5 Å². The average Bonchev–Trinajstić information content (AvgIpc) is 2.63. The number of benzene rings is 2. The Morgan fingerprint density at radius 2 is 1.75 bits per heavy atom. The Labute approximate surface area is 143 Å². The number of guanidine groups is 1. The Morgan fingerprint density at radius 1 is 1.04 bits per heavy atom. The van der Waals surface area contributed by atoms with Crippen LogP contribution in [0.2, 0.25) is 0 Å². The lowest BCUT2D eigenvalue weighted by molar-refractivity contribution is 0.626. The predicted molar refractivity (Wildman–Crippen MR) is 98.9 cm³/mol. The Morgan fingerprint density at radius 3 is 2.42 bits per heavy atom. The molecule has 0 heterocycles. The molecule has 0 saturated carbocycles. The molecule has 128 valence electrons. The first-order valence-electron chi connectivity index (χ1n) is 8.14. The molecule has 2 N–H and O–H groups in total. The highest BCUT2D eigenvalue weighted by atomic mass is 19.1. The van der Waals surface area contributed by atoms with Crippen molar-refractivity contribution in [2.24, 2.45) is 4.99 Å². The van der Waals surface area contributed by atoms with Crippen LogP contribution in [0.1, 0.15) is 12.0 Å². The van der Waals surface area contributed by atoms with Crippen molar-refractivity contribution in [2.45, 2.75) is 13.0 Å². The van der Waals surface area contributed by atoms with Crippen molar-refractivity contribution >= 4 is 11.6 Å². The highest BCUT2D eigenvalue weighted by molar-refractivity contribution is 5.79. The second kappa shape index (κ2) is 9.55. The van der Waals surface area contributed by atoms with Gasteiger partial charge in [0.15, 0.2) is 5.96 Å². The third-order valence-corrected chi connectivity index (χ3v) is 3.76. The van der Waals surface area contributed by atoms with Crippen molar-refractivity contribution in [2.75, 3.05) is 32.1 Å². The summed E-state index contributed by atoms with van der Waals surface area (Å²) in [6, 6.07) is 16.8. The standard InChI is InChI=1S/C19H25FN4/c1-21-19(23-15-16-9-11-17(20)12-10-16)22-13-6-14-24(2)18-7-4-3-5-8-18/h3-5,7-12H,6,13-15H2,1-2H3,(H2,21,22,23). The molecule has 0 saturated heterocycles. The zero-order valence-corrected chi connectivity index (χ0v) is 14.3. The number of rotatable bonds is 7. The van der Waals surface area contributed by atoms with E-state index in [0.717, 1.165) is 31.0 Å². The fourth-order valence-electron chi connectivity index (χ4n) is 2.34. The number of nitrogens with one attached hydrogen (secondary N) is 2. The quantitative estimate of drug-likeness (QED) is 0.466. The minimum absolute atomic E-state index is 0.219. The van der Waals surface area contributed by atoms with Gasteiger partial charge in [-0.2, -0.15) is 0 Å². The normalized spacial score (nSPS) is 11.2. The van der Waals surface area contributed by atoms with Gasteiger partial charge in [-0.1, -0.05) is 30.3 Å². The zero-order chi connectivity index (χ0) is 17.2. The average molecular weight is 328 g/mol. The summed E-state index contributed by atoms with van der Waals surface area (Å²) in [7, 11) is 3.84. The first-order valence-corrected chi connectivity index (χ1v) is 8.14. The Hall–Kier alpha value is -2.56. The van der Waals surface area contributed by atoms with Gasteiger partial charge in [-0.25, -0.2) is 4.39 Å². The summed E-state index contributed by atoms with van der Waals surface area (Å²) in [6.07, 6.45) is 1.00. The second-order valence-electron chi connectivity index (χ2n) is 5.59. The molecule has 0 atom stereocenters. The molecule has 24 heavy (non-hydrogen) atoms. The van der Waals surface area contributed by atoms with Gasteiger partial charge in [0, 0.05) is 39.4 Å². The molecule has 2 aromatic rings. The Kier molecular flexibility index (Phi) is 7.08. The second-order valence-corrected chi connectivity index (χ2v) is 5.59. The van der Waals surface area contributed by atoms with Crippen molar-refractivity contribution in [3.05, 3.63) is 66.0 Å². The van der Waals surface area contributed by atoms with E-state index in [4.69, 9.17) is 0 Å². The molecule has 4 nitrogen and oxygen atoms in total. The minimum Gasteiger partial charge on any atom is -0.375 e. The maximum Gasteiger partial charge on any atom is 0.191 e. The van der Waals surface area contributed by atoms with Crippen molar-refractivity contribution in [3.8, 4) is 0 Å². The molecule has 0 bridgehead atoms. The van der Waals surface area contributed by atoms with E-state index >= 15 is 0 Å². The third-order valence-electron chi connectivity index (χ3n) is 3.76. The topological polar surface area (TPSA) is 39.7 Å². The summed E-state index contributed by atoms with van der Waals surface area (Å²) in [5.41, 5.74) is 2.24. The SMILES string of the molecule is CN=C(NCCCN(C)c1ccccc1)NCc1ccc(F)cc1. The molecule has 0 unspecified atom stereocenters. The first-order chi connectivity index (χ1) is 11.7. The lowest BCUT2D eigenvalue weighted by Gasteiger charge is -2.19. The van der Waals surface area contributed by atoms with Crippen LogP contribution in [0.3, 0.4) is 0 Å². The number of hydrogen-bond acceptors (Lipinski definition) is 2. The monoisotopic (exact) mass is 328 g/mol. The van der Waals surface area contributed by atoms with Crippen LogP contribution in [0.15, 0.2) is 59.6 Å². The number of anilines is 1. The fraction of sp³-hybridized carbons (Fsp3) is 0.316. The van der Waals surface area contributed by atoms with E-state index in [9.17, 15) is 4.39 Å². The van der Waals surface area contributed by atoms with Gasteiger partial charge >= 0.3 is 0 Å². The van der Waals surface area contributed by atoms with Gasteiger partial charge in [0.05, 0.1) is 0 Å². The van der Waals surface area contributed by atoms with Gasteiger partial charge in [0.2, 0.25) is 0 Å². The summed E-state index contributed by atoms with van der Waals surface area (Å²) in [5.74, 6) is 0.533. The molecule has 0 spiro atoms. The van der Waals surface area contributed by atoms with Gasteiger partial charge in [-0.05, 0) is 36.2 Å². The van der Waals surface area contributed by atoms with Crippen molar-refractivity contribution in [3.63, 3.8) is 0 Å². The lowest BCUT2D eigenvalue weighted by Crippen LogP contribution is -2.38. The predicted octanol–water partition coefficient (Wildman–Crippen LogP) is 3.02. The van der Waals surface area contributed by atoms with Crippen LogP contribution < -0.4 is 15.5 Å². The number of halogens is 1. The van der Waals surface area contributed by atoms with E-state index in [0.29, 0.717) is 6.54 Å². The largest absolute Gasteiger partial charge is 0.375 e. The maximum absolute atomic E-state index is 12.9. The Bertz CT molecular complexity index is 626. The summed E-state index contributed by atoms with van der Waals surface area (Å²) < 4.78 is 12.9. The third kappa shape index (κ3) is 5.91. The Balaban J connectivity index is 1.67. The molecule has 0 radical (unpaired) electrons. The highest BCUT2D eigenvalue weighted by Crippen LogP contribution is 2.10. The molecule has 2 aromatic carbocycles. The zero-order valence-electron chi connectivity index (χ0n) is 14.3. The van der Waals surface area contributed by atoms with Gasteiger partial charge in [-0.15, -0.1) is 0 Å². The van der Waals surface area contributed by atoms with Crippen molar-refractivity contribution < 1.29 is 4.39 Å². The van der Waals surface area contributed by atoms with Crippen molar-refractivity contribution in [1.82, 2.24) is 10.6 Å².